The van der Waals surface area contributed by atoms with E-state index >= 15 is 0 Å². The van der Waals surface area contributed by atoms with E-state index in [1.165, 1.54) is 0 Å². The van der Waals surface area contributed by atoms with Crippen LogP contribution in [0.25, 0.3) is 0 Å². The van der Waals surface area contributed by atoms with Gasteiger partial charge in [-0.05, 0) is 30.5 Å². The molecule has 0 radical (unpaired) electrons. The molecule has 1 amide bonds. The molecule has 0 aromatic heterocycles. The van der Waals surface area contributed by atoms with Crippen molar-refractivity contribution >= 4 is 27.8 Å². The molecule has 1 aromatic rings. The van der Waals surface area contributed by atoms with Gasteiger partial charge in [0.15, 0.2) is 0 Å². The van der Waals surface area contributed by atoms with Gasteiger partial charge in [0.05, 0.1) is 25.0 Å². The Morgan fingerprint density at radius 2 is 2.10 bits per heavy atom. The Hall–Kier alpha value is -1.40. The first-order valence-electron chi connectivity index (χ1n) is 6.93. The lowest BCUT2D eigenvalue weighted by Gasteiger charge is -2.19. The second-order valence-corrected chi connectivity index (χ2v) is 6.02. The second kappa shape index (κ2) is 7.56. The van der Waals surface area contributed by atoms with Gasteiger partial charge in [-0.2, -0.15) is 0 Å². The molecule has 0 bridgehead atoms. The number of hydrogen-bond acceptors (Lipinski definition) is 3. The van der Waals surface area contributed by atoms with E-state index in [0.717, 1.165) is 22.9 Å². The number of benzene rings is 1. The van der Waals surface area contributed by atoms with Crippen molar-refractivity contribution in [2.45, 2.75) is 37.8 Å². The van der Waals surface area contributed by atoms with E-state index in [1.807, 2.05) is 24.3 Å². The van der Waals surface area contributed by atoms with Gasteiger partial charge in [0.25, 0.3) is 0 Å². The van der Waals surface area contributed by atoms with E-state index in [-0.39, 0.29) is 24.9 Å². The van der Waals surface area contributed by atoms with Gasteiger partial charge < -0.3 is 15.2 Å². The van der Waals surface area contributed by atoms with Crippen LogP contribution in [0.1, 0.15) is 37.3 Å². The number of hydrogen-bond donors (Lipinski definition) is 2. The van der Waals surface area contributed by atoms with Gasteiger partial charge in [-0.1, -0.05) is 28.1 Å². The van der Waals surface area contributed by atoms with E-state index in [0.29, 0.717) is 6.61 Å². The molecule has 1 heterocycles. The molecule has 0 aliphatic carbocycles. The second-order valence-electron chi connectivity index (χ2n) is 5.11. The van der Waals surface area contributed by atoms with Crippen LogP contribution in [0.4, 0.5) is 0 Å². The standard InChI is InChI=1S/C15H18BrNO4/c16-11-5-3-10(4-6-11)13(9-15(19)20)17-14(18)8-12-2-1-7-21-12/h3-6,12-13H,1-2,7-9H2,(H,17,18)(H,19,20). The average molecular weight is 356 g/mol. The number of carbonyl (C=O) groups excluding carboxylic acids is 1. The van der Waals surface area contributed by atoms with E-state index in [9.17, 15) is 9.59 Å². The molecule has 2 atom stereocenters. The molecule has 114 valence electrons. The molecule has 21 heavy (non-hydrogen) atoms. The summed E-state index contributed by atoms with van der Waals surface area (Å²) in [5.41, 5.74) is 0.779. The molecule has 2 N–H and O–H groups in total. The predicted molar refractivity (Wildman–Crippen MR) is 80.9 cm³/mol. The van der Waals surface area contributed by atoms with Crippen LogP contribution in [-0.2, 0) is 14.3 Å². The predicted octanol–water partition coefficient (Wildman–Crippen LogP) is 2.65. The first kappa shape index (κ1) is 16.0. The van der Waals surface area contributed by atoms with Crippen LogP contribution in [0, 0.1) is 0 Å². The fourth-order valence-electron chi connectivity index (χ4n) is 2.39. The van der Waals surface area contributed by atoms with E-state index < -0.39 is 12.0 Å². The van der Waals surface area contributed by atoms with E-state index in [2.05, 4.69) is 21.2 Å². The van der Waals surface area contributed by atoms with Crippen LogP contribution >= 0.6 is 15.9 Å². The summed E-state index contributed by atoms with van der Waals surface area (Å²) < 4.78 is 6.33. The maximum atomic E-state index is 12.0. The summed E-state index contributed by atoms with van der Waals surface area (Å²) in [6, 6.07) is 6.76. The Morgan fingerprint density at radius 3 is 2.67 bits per heavy atom. The van der Waals surface area contributed by atoms with Gasteiger partial charge in [0.2, 0.25) is 5.91 Å². The molecule has 2 unspecified atom stereocenters. The molecule has 1 aromatic carbocycles. The Labute approximate surface area is 131 Å². The maximum Gasteiger partial charge on any atom is 0.305 e. The Bertz CT molecular complexity index is 497. The summed E-state index contributed by atoms with van der Waals surface area (Å²) in [6.45, 7) is 0.698. The number of carboxylic acids is 1. The summed E-state index contributed by atoms with van der Waals surface area (Å²) in [4.78, 5) is 23.0. The molecular weight excluding hydrogens is 338 g/mol. The number of carbonyl (C=O) groups is 2. The zero-order valence-electron chi connectivity index (χ0n) is 11.5. The average Bonchev–Trinajstić information content (AvgIpc) is 2.91. The normalized spacial score (nSPS) is 19.2. The Balaban J connectivity index is 1.99. The van der Waals surface area contributed by atoms with Crippen LogP contribution in [0.15, 0.2) is 28.7 Å². The van der Waals surface area contributed by atoms with Gasteiger partial charge in [0, 0.05) is 11.1 Å². The van der Waals surface area contributed by atoms with E-state index in [4.69, 9.17) is 9.84 Å². The SMILES string of the molecule is O=C(O)CC(NC(=O)CC1CCCO1)c1ccc(Br)cc1. The highest BCUT2D eigenvalue weighted by atomic mass is 79.9. The number of ether oxygens (including phenoxy) is 1. The van der Waals surface area contributed by atoms with Crippen molar-refractivity contribution < 1.29 is 19.4 Å². The first-order valence-corrected chi connectivity index (χ1v) is 7.72. The van der Waals surface area contributed by atoms with Gasteiger partial charge in [0.1, 0.15) is 0 Å². The van der Waals surface area contributed by atoms with Gasteiger partial charge >= 0.3 is 5.97 Å². The highest BCUT2D eigenvalue weighted by Gasteiger charge is 2.22. The van der Waals surface area contributed by atoms with Crippen LogP contribution < -0.4 is 5.32 Å². The Kier molecular flexibility index (Phi) is 5.76. The third kappa shape index (κ3) is 5.13. The molecule has 1 aliphatic rings. The third-order valence-corrected chi connectivity index (χ3v) is 3.95. The van der Waals surface area contributed by atoms with Crippen molar-refractivity contribution in [2.75, 3.05) is 6.61 Å². The van der Waals surface area contributed by atoms with Crippen molar-refractivity contribution in [3.8, 4) is 0 Å². The molecule has 1 fully saturated rings. The quantitative estimate of drug-likeness (QED) is 0.822. The van der Waals surface area contributed by atoms with Crippen LogP contribution in [0.3, 0.4) is 0 Å². The number of rotatable bonds is 6. The first-order chi connectivity index (χ1) is 10.0. The lowest BCUT2D eigenvalue weighted by Crippen LogP contribution is -2.32. The molecule has 2 rings (SSSR count). The smallest absolute Gasteiger partial charge is 0.305 e. The number of nitrogens with one attached hydrogen (secondary N) is 1. The molecule has 5 nitrogen and oxygen atoms in total. The fraction of sp³-hybridized carbons (Fsp3) is 0.467. The zero-order valence-corrected chi connectivity index (χ0v) is 13.1. The number of aliphatic carboxylic acids is 1. The minimum Gasteiger partial charge on any atom is -0.481 e. The topological polar surface area (TPSA) is 75.6 Å². The van der Waals surface area contributed by atoms with Crippen LogP contribution in [-0.4, -0.2) is 29.7 Å². The van der Waals surface area contributed by atoms with Crippen LogP contribution in [0.2, 0.25) is 0 Å². The minimum atomic E-state index is -0.944. The molecule has 0 spiro atoms. The summed E-state index contributed by atoms with van der Waals surface area (Å²) in [5, 5.41) is 11.8. The monoisotopic (exact) mass is 355 g/mol. The highest BCUT2D eigenvalue weighted by Crippen LogP contribution is 2.21. The maximum absolute atomic E-state index is 12.0. The van der Waals surface area contributed by atoms with Crippen molar-refractivity contribution in [2.24, 2.45) is 0 Å². The number of amides is 1. The summed E-state index contributed by atoms with van der Waals surface area (Å²) in [6.07, 6.45) is 1.96. The van der Waals surface area contributed by atoms with Crippen LogP contribution in [0.5, 0.6) is 0 Å². The molecular formula is C15H18BrNO4. The molecule has 0 saturated carbocycles. The van der Waals surface area contributed by atoms with E-state index in [1.54, 1.807) is 0 Å². The van der Waals surface area contributed by atoms with Gasteiger partial charge in [-0.15, -0.1) is 0 Å². The lowest BCUT2D eigenvalue weighted by molar-refractivity contribution is -0.137. The fourth-order valence-corrected chi connectivity index (χ4v) is 2.65. The van der Waals surface area contributed by atoms with Crippen molar-refractivity contribution in [1.29, 1.82) is 0 Å². The van der Waals surface area contributed by atoms with Gasteiger partial charge in [-0.25, -0.2) is 0 Å². The lowest BCUT2D eigenvalue weighted by atomic mass is 10.0. The largest absolute Gasteiger partial charge is 0.481 e. The molecule has 1 aliphatic heterocycles. The zero-order chi connectivity index (χ0) is 15.2. The van der Waals surface area contributed by atoms with Crippen molar-refractivity contribution in [3.05, 3.63) is 34.3 Å². The van der Waals surface area contributed by atoms with Crippen molar-refractivity contribution in [3.63, 3.8) is 0 Å². The summed E-state index contributed by atoms with van der Waals surface area (Å²) in [5.74, 6) is -1.11. The summed E-state index contributed by atoms with van der Waals surface area (Å²) >= 11 is 3.33. The minimum absolute atomic E-state index is 0.0413. The summed E-state index contributed by atoms with van der Waals surface area (Å²) in [7, 11) is 0. The highest BCUT2D eigenvalue weighted by molar-refractivity contribution is 9.10. The molecule has 1 saturated heterocycles. The number of halogens is 1. The molecule has 6 heteroatoms. The number of carboxylic acid groups (broad SMARTS) is 1. The van der Waals surface area contributed by atoms with Crippen molar-refractivity contribution in [1.82, 2.24) is 5.32 Å². The Morgan fingerprint density at radius 1 is 1.38 bits per heavy atom. The van der Waals surface area contributed by atoms with Gasteiger partial charge in [-0.3, -0.25) is 9.59 Å². The third-order valence-electron chi connectivity index (χ3n) is 3.42.